The van der Waals surface area contributed by atoms with Crippen molar-refractivity contribution in [2.24, 2.45) is 5.41 Å². The molecule has 0 saturated heterocycles. The van der Waals surface area contributed by atoms with E-state index in [2.05, 4.69) is 0 Å². The van der Waals surface area contributed by atoms with Gasteiger partial charge in [0.25, 0.3) is 0 Å². The average molecular weight is 287 g/mol. The molecule has 20 heavy (non-hydrogen) atoms. The lowest BCUT2D eigenvalue weighted by Gasteiger charge is -2.34. The molecule has 0 aromatic heterocycles. The summed E-state index contributed by atoms with van der Waals surface area (Å²) in [7, 11) is 0. The van der Waals surface area contributed by atoms with Gasteiger partial charge in [-0.3, -0.25) is 9.69 Å². The molecule has 1 aliphatic rings. The Bertz CT molecular complexity index is 427. The predicted octanol–water partition coefficient (Wildman–Crippen LogP) is 3.01. The van der Waals surface area contributed by atoms with Gasteiger partial charge in [0.05, 0.1) is 6.61 Å². The van der Waals surface area contributed by atoms with Crippen LogP contribution in [0.5, 0.6) is 0 Å². The highest BCUT2D eigenvalue weighted by atomic mass is 19.1. The van der Waals surface area contributed by atoms with Crippen molar-refractivity contribution < 1.29 is 23.5 Å². The van der Waals surface area contributed by atoms with Gasteiger partial charge in [-0.1, -0.05) is 0 Å². The number of amides is 1. The van der Waals surface area contributed by atoms with Crippen LogP contribution in [0, 0.1) is 5.41 Å². The third kappa shape index (κ3) is 3.71. The maximum absolute atomic E-state index is 14.2. The highest BCUT2D eigenvalue weighted by molar-refractivity contribution is 5.80. The predicted molar refractivity (Wildman–Crippen MR) is 71.5 cm³/mol. The molecule has 114 valence electrons. The number of hydrogen-bond donors (Lipinski definition) is 0. The molecule has 0 aromatic carbocycles. The number of carbonyl (C=O) groups excluding carboxylic acids is 2. The Balaban J connectivity index is 2.84. The molecule has 1 heterocycles. The molecular formula is C14H22FNO4. The normalized spacial score (nSPS) is 23.1. The molecule has 0 aliphatic carbocycles. The van der Waals surface area contributed by atoms with Crippen molar-refractivity contribution in [3.63, 3.8) is 0 Å². The third-order valence-corrected chi connectivity index (χ3v) is 3.00. The first-order valence-electron chi connectivity index (χ1n) is 6.65. The fourth-order valence-electron chi connectivity index (χ4n) is 1.76. The van der Waals surface area contributed by atoms with Crippen molar-refractivity contribution in [1.82, 2.24) is 4.90 Å². The largest absolute Gasteiger partial charge is 0.465 e. The molecule has 1 rings (SSSR count). The molecule has 0 radical (unpaired) electrons. The van der Waals surface area contributed by atoms with E-state index in [0.29, 0.717) is 0 Å². The Morgan fingerprint density at radius 1 is 1.45 bits per heavy atom. The SMILES string of the molecule is CCOC(=O)[C@@]1(C)CCN(C(=O)OC(C)(C)C)C=C1F. The second kappa shape index (κ2) is 5.81. The quantitative estimate of drug-likeness (QED) is 0.733. The summed E-state index contributed by atoms with van der Waals surface area (Å²) in [6.07, 6.45) is 0.556. The van der Waals surface area contributed by atoms with Gasteiger partial charge >= 0.3 is 12.1 Å². The van der Waals surface area contributed by atoms with Gasteiger partial charge < -0.3 is 9.47 Å². The van der Waals surface area contributed by atoms with Crippen LogP contribution in [0.25, 0.3) is 0 Å². The van der Waals surface area contributed by atoms with Gasteiger partial charge in [0.2, 0.25) is 0 Å². The Morgan fingerprint density at radius 2 is 2.05 bits per heavy atom. The summed E-state index contributed by atoms with van der Waals surface area (Å²) in [6.45, 7) is 8.74. The van der Waals surface area contributed by atoms with Crippen LogP contribution in [0.2, 0.25) is 0 Å². The Morgan fingerprint density at radius 3 is 2.50 bits per heavy atom. The number of halogens is 1. The molecule has 0 saturated carbocycles. The maximum atomic E-state index is 14.2. The number of ether oxygens (including phenoxy) is 2. The standard InChI is InChI=1S/C14H22FNO4/c1-6-19-11(17)14(5)7-8-16(9-10(14)15)12(18)20-13(2,3)4/h9H,6-8H2,1-5H3/t14-/m0/s1. The second-order valence-electron chi connectivity index (χ2n) is 5.95. The van der Waals surface area contributed by atoms with Crippen LogP contribution in [0.1, 0.15) is 41.0 Å². The first-order chi connectivity index (χ1) is 9.10. The molecule has 1 amide bonds. The van der Waals surface area contributed by atoms with Gasteiger partial charge in [-0.05, 0) is 41.0 Å². The summed E-state index contributed by atoms with van der Waals surface area (Å²) in [4.78, 5) is 24.8. The zero-order chi connectivity index (χ0) is 15.6. The molecule has 0 bridgehead atoms. The summed E-state index contributed by atoms with van der Waals surface area (Å²) in [5, 5.41) is 0. The molecule has 1 atom stereocenters. The molecule has 0 N–H and O–H groups in total. The summed E-state index contributed by atoms with van der Waals surface area (Å²) < 4.78 is 24.2. The Labute approximate surface area is 118 Å². The number of carbonyl (C=O) groups is 2. The molecule has 0 unspecified atom stereocenters. The van der Waals surface area contributed by atoms with E-state index in [1.165, 1.54) is 6.92 Å². The lowest BCUT2D eigenvalue weighted by Crippen LogP contribution is -2.42. The van der Waals surface area contributed by atoms with Crippen LogP contribution in [0.4, 0.5) is 9.18 Å². The van der Waals surface area contributed by atoms with E-state index in [9.17, 15) is 14.0 Å². The van der Waals surface area contributed by atoms with Crippen LogP contribution in [0.3, 0.4) is 0 Å². The molecule has 0 aromatic rings. The van der Waals surface area contributed by atoms with Crippen molar-refractivity contribution in [2.45, 2.75) is 46.6 Å². The van der Waals surface area contributed by atoms with Gasteiger partial charge in [-0.15, -0.1) is 0 Å². The number of esters is 1. The minimum Gasteiger partial charge on any atom is -0.465 e. The summed E-state index contributed by atoms with van der Waals surface area (Å²) >= 11 is 0. The van der Waals surface area contributed by atoms with E-state index in [0.717, 1.165) is 11.1 Å². The van der Waals surface area contributed by atoms with Crippen LogP contribution in [-0.2, 0) is 14.3 Å². The van der Waals surface area contributed by atoms with E-state index in [4.69, 9.17) is 9.47 Å². The van der Waals surface area contributed by atoms with E-state index >= 15 is 0 Å². The molecule has 5 nitrogen and oxygen atoms in total. The summed E-state index contributed by atoms with van der Waals surface area (Å²) in [5.74, 6) is -1.30. The molecule has 6 heteroatoms. The van der Waals surface area contributed by atoms with E-state index in [-0.39, 0.29) is 19.6 Å². The molecule has 0 fully saturated rings. The zero-order valence-electron chi connectivity index (χ0n) is 12.7. The fraction of sp³-hybridized carbons (Fsp3) is 0.714. The monoisotopic (exact) mass is 287 g/mol. The lowest BCUT2D eigenvalue weighted by molar-refractivity contribution is -0.154. The highest BCUT2D eigenvalue weighted by Crippen LogP contribution is 2.37. The van der Waals surface area contributed by atoms with Crippen LogP contribution in [-0.4, -0.2) is 35.7 Å². The third-order valence-electron chi connectivity index (χ3n) is 3.00. The van der Waals surface area contributed by atoms with Crippen LogP contribution >= 0.6 is 0 Å². The van der Waals surface area contributed by atoms with Gasteiger partial charge in [0.15, 0.2) is 0 Å². The zero-order valence-corrected chi connectivity index (χ0v) is 12.7. The number of rotatable bonds is 2. The minimum absolute atomic E-state index is 0.160. The van der Waals surface area contributed by atoms with Crippen LogP contribution < -0.4 is 0 Å². The average Bonchev–Trinajstić information content (AvgIpc) is 2.30. The second-order valence-corrected chi connectivity index (χ2v) is 5.95. The van der Waals surface area contributed by atoms with Crippen molar-refractivity contribution in [1.29, 1.82) is 0 Å². The van der Waals surface area contributed by atoms with E-state index < -0.39 is 28.9 Å². The first kappa shape index (κ1) is 16.5. The topological polar surface area (TPSA) is 55.8 Å². The van der Waals surface area contributed by atoms with Crippen molar-refractivity contribution in [2.75, 3.05) is 13.2 Å². The van der Waals surface area contributed by atoms with E-state index in [1.807, 2.05) is 0 Å². The maximum Gasteiger partial charge on any atom is 0.414 e. The van der Waals surface area contributed by atoms with Crippen LogP contribution in [0.15, 0.2) is 12.0 Å². The molecule has 1 aliphatic heterocycles. The Kier molecular flexibility index (Phi) is 4.78. The molecule has 0 spiro atoms. The fourth-order valence-corrected chi connectivity index (χ4v) is 1.76. The van der Waals surface area contributed by atoms with Gasteiger partial charge in [-0.25, -0.2) is 9.18 Å². The number of hydrogen-bond acceptors (Lipinski definition) is 4. The van der Waals surface area contributed by atoms with Crippen molar-refractivity contribution in [3.05, 3.63) is 12.0 Å². The smallest absolute Gasteiger partial charge is 0.414 e. The summed E-state index contributed by atoms with van der Waals surface area (Å²) in [5.41, 5.74) is -1.97. The molecular weight excluding hydrogens is 265 g/mol. The summed E-state index contributed by atoms with van der Waals surface area (Å²) in [6, 6.07) is 0. The Hall–Kier alpha value is -1.59. The lowest BCUT2D eigenvalue weighted by atomic mass is 9.83. The van der Waals surface area contributed by atoms with Gasteiger partial charge in [0, 0.05) is 12.7 Å². The van der Waals surface area contributed by atoms with Gasteiger partial charge in [0.1, 0.15) is 16.8 Å². The van der Waals surface area contributed by atoms with Crippen molar-refractivity contribution >= 4 is 12.1 Å². The van der Waals surface area contributed by atoms with Crippen molar-refractivity contribution in [3.8, 4) is 0 Å². The minimum atomic E-state index is -1.32. The number of nitrogens with zero attached hydrogens (tertiary/aromatic N) is 1. The van der Waals surface area contributed by atoms with E-state index in [1.54, 1.807) is 27.7 Å². The first-order valence-corrected chi connectivity index (χ1v) is 6.65. The highest BCUT2D eigenvalue weighted by Gasteiger charge is 2.43. The van der Waals surface area contributed by atoms with Gasteiger partial charge in [-0.2, -0.15) is 0 Å².